The van der Waals surface area contributed by atoms with E-state index < -0.39 is 0 Å². The van der Waals surface area contributed by atoms with Gasteiger partial charge in [0.15, 0.2) is 23.1 Å². The first kappa shape index (κ1) is 45.1. The van der Waals surface area contributed by atoms with Crippen molar-refractivity contribution in [2.75, 3.05) is 0 Å². The summed E-state index contributed by atoms with van der Waals surface area (Å²) in [6.07, 6.45) is 3.83. The van der Waals surface area contributed by atoms with E-state index in [4.69, 9.17) is 11.6 Å². The molecule has 0 aliphatic rings. The summed E-state index contributed by atoms with van der Waals surface area (Å²) in [4.78, 5) is 46.5. The Bertz CT molecular complexity index is 2860. The van der Waals surface area contributed by atoms with Gasteiger partial charge >= 0.3 is 0 Å². The predicted molar refractivity (Wildman–Crippen MR) is 250 cm³/mol. The second-order valence-corrected chi connectivity index (χ2v) is 16.7. The van der Waals surface area contributed by atoms with E-state index in [1.54, 1.807) is 20.8 Å². The molecule has 4 aromatic heterocycles. The highest BCUT2D eigenvalue weighted by Crippen LogP contribution is 2.31. The normalized spacial score (nSPS) is 11.0. The molecule has 312 valence electrons. The number of Topliss-reactive ketones (excluding diaryl/α,β-unsaturated/α-hetero) is 4. The number of carbonyl (C=O) groups excluding carboxylic acids is 4. The number of benzene rings is 4. The molecule has 0 aliphatic heterocycles. The maximum Gasteiger partial charge on any atom is 0.167 e. The lowest BCUT2D eigenvalue weighted by Gasteiger charge is -2.02. The maximum atomic E-state index is 12.1. The average Bonchev–Trinajstić information content (AvgIpc) is 3.84. The molecule has 4 aromatic carbocycles. The third-order valence-electron chi connectivity index (χ3n) is 11.1. The van der Waals surface area contributed by atoms with Crippen LogP contribution in [0.1, 0.15) is 104 Å². The summed E-state index contributed by atoms with van der Waals surface area (Å²) < 4.78 is 7.93. The first-order chi connectivity index (χ1) is 28.1. The number of rotatable bonds is 5. The number of carbonyl (C=O) groups is 4. The van der Waals surface area contributed by atoms with Crippen LogP contribution < -0.4 is 0 Å². The number of aryl methyl sites for hydroxylation is 8. The molecule has 8 aromatic rings. The highest BCUT2D eigenvalue weighted by Gasteiger charge is 2.18. The molecule has 0 saturated heterocycles. The number of halogens is 1. The van der Waals surface area contributed by atoms with Crippen molar-refractivity contribution in [3.05, 3.63) is 141 Å². The Morgan fingerprint density at radius 3 is 1.27 bits per heavy atom. The molecule has 0 aliphatic carbocycles. The quantitative estimate of drug-likeness (QED) is 0.162. The van der Waals surface area contributed by atoms with Crippen LogP contribution in [0.25, 0.3) is 43.6 Å². The topological polar surface area (TPSA) is 88.0 Å². The standard InChI is InChI=1S/C14H17NO.C13H15NO.C12H12ClNO.C12H13NO/c1-9(2)14(16)12-8-15(4)13-6-5-10(3)7-11(12)13;1-8-5-6-12-11(7-8)13(10(3)15)9(2)14(12)4;1-7-4-5-10-9(6-7)11(8(2)15)12(13)14(10)3;1-8-4-5-12-10(6-8)11(9(2)14)7-13(12)3/h5-9H,1-4H3;5-7H,1-4H3;4-6H,1-3H3;4-7H,1-3H3. The summed E-state index contributed by atoms with van der Waals surface area (Å²) >= 11 is 6.13. The lowest BCUT2D eigenvalue weighted by Crippen LogP contribution is -2.06. The molecule has 0 unspecified atom stereocenters. The Morgan fingerprint density at radius 2 is 0.850 bits per heavy atom. The minimum absolute atomic E-state index is 0.0104. The zero-order valence-corrected chi connectivity index (χ0v) is 38.2. The van der Waals surface area contributed by atoms with Crippen LogP contribution in [0.2, 0.25) is 5.15 Å². The van der Waals surface area contributed by atoms with Crippen LogP contribution in [0.3, 0.4) is 0 Å². The Labute approximate surface area is 358 Å². The fourth-order valence-corrected chi connectivity index (χ4v) is 8.12. The second kappa shape index (κ2) is 18.1. The van der Waals surface area contributed by atoms with Crippen LogP contribution in [0.4, 0.5) is 0 Å². The van der Waals surface area contributed by atoms with Gasteiger partial charge in [-0.15, -0.1) is 0 Å². The molecule has 8 nitrogen and oxygen atoms in total. The van der Waals surface area contributed by atoms with E-state index in [-0.39, 0.29) is 29.1 Å². The smallest absolute Gasteiger partial charge is 0.167 e. The van der Waals surface area contributed by atoms with E-state index >= 15 is 0 Å². The molecule has 8 rings (SSSR count). The monoisotopic (exact) mass is 824 g/mol. The summed E-state index contributed by atoms with van der Waals surface area (Å²) in [6, 6.07) is 24.6. The fourth-order valence-electron chi connectivity index (χ4n) is 7.79. The van der Waals surface area contributed by atoms with Gasteiger partial charge in [-0.3, -0.25) is 19.2 Å². The first-order valence-corrected chi connectivity index (χ1v) is 20.5. The van der Waals surface area contributed by atoms with Gasteiger partial charge in [-0.2, -0.15) is 0 Å². The molecule has 0 radical (unpaired) electrons. The van der Waals surface area contributed by atoms with Crippen LogP contribution in [0.5, 0.6) is 0 Å². The molecule has 0 N–H and O–H groups in total. The van der Waals surface area contributed by atoms with Crippen molar-refractivity contribution >= 4 is 78.3 Å². The second-order valence-electron chi connectivity index (χ2n) is 16.3. The van der Waals surface area contributed by atoms with Crippen LogP contribution >= 0.6 is 11.6 Å². The lowest BCUT2D eigenvalue weighted by molar-refractivity contribution is 0.0939. The van der Waals surface area contributed by atoms with Crippen molar-refractivity contribution in [2.24, 2.45) is 34.1 Å². The van der Waals surface area contributed by atoms with Gasteiger partial charge in [0.05, 0.1) is 5.56 Å². The van der Waals surface area contributed by atoms with Gasteiger partial charge in [-0.05, 0) is 104 Å². The largest absolute Gasteiger partial charge is 0.350 e. The van der Waals surface area contributed by atoms with Gasteiger partial charge in [0.1, 0.15) is 5.15 Å². The van der Waals surface area contributed by atoms with Crippen molar-refractivity contribution in [1.82, 2.24) is 18.3 Å². The van der Waals surface area contributed by atoms with E-state index in [2.05, 4.69) is 66.1 Å². The molecular weight excluding hydrogens is 768 g/mol. The molecule has 4 heterocycles. The van der Waals surface area contributed by atoms with E-state index in [0.29, 0.717) is 10.7 Å². The molecule has 0 amide bonds. The van der Waals surface area contributed by atoms with E-state index in [0.717, 1.165) is 71.6 Å². The van der Waals surface area contributed by atoms with Gasteiger partial charge in [0.25, 0.3) is 0 Å². The van der Waals surface area contributed by atoms with Crippen LogP contribution in [0, 0.1) is 40.5 Å². The van der Waals surface area contributed by atoms with E-state index in [1.165, 1.54) is 16.7 Å². The molecule has 60 heavy (non-hydrogen) atoms. The predicted octanol–water partition coefficient (Wildman–Crippen LogP) is 12.4. The van der Waals surface area contributed by atoms with Crippen LogP contribution in [-0.4, -0.2) is 41.4 Å². The van der Waals surface area contributed by atoms with Crippen LogP contribution in [-0.2, 0) is 28.2 Å². The summed E-state index contributed by atoms with van der Waals surface area (Å²) in [7, 11) is 7.81. The van der Waals surface area contributed by atoms with Gasteiger partial charge in [-0.25, -0.2) is 0 Å². The van der Waals surface area contributed by atoms with Gasteiger partial charge in [0.2, 0.25) is 0 Å². The third-order valence-corrected chi connectivity index (χ3v) is 11.5. The summed E-state index contributed by atoms with van der Waals surface area (Å²) in [5, 5.41) is 4.65. The zero-order valence-electron chi connectivity index (χ0n) is 37.5. The average molecular weight is 825 g/mol. The lowest BCUT2D eigenvalue weighted by atomic mass is 10.00. The van der Waals surface area contributed by atoms with Crippen molar-refractivity contribution in [2.45, 2.75) is 69.2 Å². The summed E-state index contributed by atoms with van der Waals surface area (Å²) in [6.45, 7) is 18.8. The van der Waals surface area contributed by atoms with Crippen LogP contribution in [0.15, 0.2) is 85.2 Å². The van der Waals surface area contributed by atoms with Crippen molar-refractivity contribution < 1.29 is 19.2 Å². The Balaban J connectivity index is 0.000000152. The third kappa shape index (κ3) is 9.09. The maximum absolute atomic E-state index is 12.1. The molecule has 0 saturated carbocycles. The van der Waals surface area contributed by atoms with Gasteiger partial charge in [0, 0.05) is 112 Å². The Morgan fingerprint density at radius 1 is 0.483 bits per heavy atom. The highest BCUT2D eigenvalue weighted by atomic mass is 35.5. The summed E-state index contributed by atoms with van der Waals surface area (Å²) in [5.74, 6) is 0.545. The molecule has 0 atom stereocenters. The minimum atomic E-state index is 0.0104. The number of nitrogens with zero attached hydrogens (tertiary/aromatic N) is 4. The molecule has 0 bridgehead atoms. The van der Waals surface area contributed by atoms with Crippen molar-refractivity contribution in [3.8, 4) is 0 Å². The number of aromatic nitrogens is 4. The molecular formula is C51H57ClN4O4. The number of ketones is 4. The number of hydrogen-bond acceptors (Lipinski definition) is 4. The number of hydrogen-bond donors (Lipinski definition) is 0. The molecule has 0 spiro atoms. The van der Waals surface area contributed by atoms with Gasteiger partial charge < -0.3 is 18.3 Å². The molecule has 0 fully saturated rings. The van der Waals surface area contributed by atoms with Crippen molar-refractivity contribution in [1.29, 1.82) is 0 Å². The van der Waals surface area contributed by atoms with Gasteiger partial charge in [-0.1, -0.05) is 72.0 Å². The first-order valence-electron chi connectivity index (χ1n) is 20.1. The number of fused-ring (bicyclic) bond motifs is 4. The molecule has 9 heteroatoms. The van der Waals surface area contributed by atoms with E-state index in [1.807, 2.05) is 114 Å². The summed E-state index contributed by atoms with van der Waals surface area (Å²) in [5.41, 5.74) is 13.2. The Hall–Kier alpha value is -5.99. The fraction of sp³-hybridized carbons (Fsp3) is 0.294. The zero-order chi connectivity index (χ0) is 44.5. The highest BCUT2D eigenvalue weighted by molar-refractivity contribution is 6.35. The van der Waals surface area contributed by atoms with E-state index in [9.17, 15) is 19.2 Å². The SMILES string of the molecule is CC(=O)c1c(C)n(C)c2ccc(C)cc12.CC(=O)c1c(Cl)n(C)c2ccc(C)cc12.CC(=O)c1cn(C)c2ccc(C)cc12.Cc1ccc2c(c1)c(C(=O)C(C)C)cn2C. The Kier molecular flexibility index (Phi) is 13.6. The minimum Gasteiger partial charge on any atom is -0.350 e. The van der Waals surface area contributed by atoms with Crippen molar-refractivity contribution in [3.63, 3.8) is 0 Å².